The van der Waals surface area contributed by atoms with Gasteiger partial charge in [0.2, 0.25) is 5.91 Å². The van der Waals surface area contributed by atoms with E-state index in [1.165, 1.54) is 18.4 Å². The third kappa shape index (κ3) is 6.31. The molecule has 8 heteroatoms. The van der Waals surface area contributed by atoms with Gasteiger partial charge in [-0.25, -0.2) is 0 Å². The lowest BCUT2D eigenvalue weighted by Gasteiger charge is -2.10. The first kappa shape index (κ1) is 20.3. The van der Waals surface area contributed by atoms with Crippen molar-refractivity contribution in [3.05, 3.63) is 89.3 Å². The maximum atomic E-state index is 12.2. The third-order valence-corrected chi connectivity index (χ3v) is 4.11. The largest absolute Gasteiger partial charge is 0.465 e. The molecular weight excluding hydrogens is 410 g/mol. The van der Waals surface area contributed by atoms with Crippen LogP contribution in [0, 0.1) is 0 Å². The quantitative estimate of drug-likeness (QED) is 0.407. The molecule has 3 N–H and O–H groups in total. The van der Waals surface area contributed by atoms with Gasteiger partial charge < -0.3 is 15.1 Å². The molecular formula is C21H16ClN3O3S. The van der Waals surface area contributed by atoms with E-state index < -0.39 is 0 Å². The van der Waals surface area contributed by atoms with E-state index in [1.807, 2.05) is 0 Å². The summed E-state index contributed by atoms with van der Waals surface area (Å²) in [5, 5.41) is 8.86. The molecule has 3 aromatic rings. The highest BCUT2D eigenvalue weighted by Crippen LogP contribution is 2.16. The first-order chi connectivity index (χ1) is 14.0. The molecule has 2 aromatic carbocycles. The molecule has 0 atom stereocenters. The van der Waals surface area contributed by atoms with Crippen LogP contribution in [0.3, 0.4) is 0 Å². The fourth-order valence-electron chi connectivity index (χ4n) is 2.33. The smallest absolute Gasteiger partial charge is 0.255 e. The summed E-state index contributed by atoms with van der Waals surface area (Å²) in [7, 11) is 0. The molecule has 0 aliphatic heterocycles. The summed E-state index contributed by atoms with van der Waals surface area (Å²) in [5.74, 6) is -0.0851. The molecule has 0 fully saturated rings. The van der Waals surface area contributed by atoms with Crippen LogP contribution in [0.2, 0.25) is 5.02 Å². The van der Waals surface area contributed by atoms with Gasteiger partial charge in [0.25, 0.3) is 5.91 Å². The Labute approximate surface area is 177 Å². The minimum absolute atomic E-state index is 0.148. The van der Waals surface area contributed by atoms with E-state index >= 15 is 0 Å². The standard InChI is InChI=1S/C21H16ClN3O3S/c22-15-4-1-3-14(13-15)20(27)23-16-6-8-17(9-7-16)24-21(29)25-19(26)11-10-18-5-2-12-28-18/h1-13H,(H,23,27)(H2,24,25,26,29). The van der Waals surface area contributed by atoms with E-state index in [0.29, 0.717) is 27.7 Å². The van der Waals surface area contributed by atoms with Crippen LogP contribution >= 0.6 is 23.8 Å². The normalized spacial score (nSPS) is 10.5. The predicted molar refractivity (Wildman–Crippen MR) is 118 cm³/mol. The Hall–Kier alpha value is -3.42. The number of nitrogens with one attached hydrogen (secondary N) is 3. The molecule has 0 unspecified atom stereocenters. The minimum Gasteiger partial charge on any atom is -0.465 e. The number of carbonyl (C=O) groups is 2. The molecule has 3 rings (SSSR count). The van der Waals surface area contributed by atoms with Crippen molar-refractivity contribution in [3.63, 3.8) is 0 Å². The van der Waals surface area contributed by atoms with Crippen molar-refractivity contribution < 1.29 is 14.0 Å². The Balaban J connectivity index is 1.51. The van der Waals surface area contributed by atoms with Gasteiger partial charge in [0.15, 0.2) is 5.11 Å². The van der Waals surface area contributed by atoms with E-state index in [-0.39, 0.29) is 16.9 Å². The average molecular weight is 426 g/mol. The van der Waals surface area contributed by atoms with Crippen molar-refractivity contribution in [3.8, 4) is 0 Å². The Bertz CT molecular complexity index is 1050. The molecule has 0 aliphatic carbocycles. The van der Waals surface area contributed by atoms with Gasteiger partial charge in [0.1, 0.15) is 5.76 Å². The summed E-state index contributed by atoms with van der Waals surface area (Å²) in [6.07, 6.45) is 4.38. The summed E-state index contributed by atoms with van der Waals surface area (Å²) in [4.78, 5) is 24.1. The summed E-state index contributed by atoms with van der Waals surface area (Å²) in [6.45, 7) is 0. The number of amides is 2. The zero-order valence-electron chi connectivity index (χ0n) is 15.0. The van der Waals surface area contributed by atoms with Crippen molar-refractivity contribution in [2.45, 2.75) is 0 Å². The van der Waals surface area contributed by atoms with Gasteiger partial charge in [-0.1, -0.05) is 17.7 Å². The zero-order chi connectivity index (χ0) is 20.6. The van der Waals surface area contributed by atoms with E-state index in [4.69, 9.17) is 28.2 Å². The van der Waals surface area contributed by atoms with Gasteiger partial charge in [-0.3, -0.25) is 14.9 Å². The monoisotopic (exact) mass is 425 g/mol. The summed E-state index contributed by atoms with van der Waals surface area (Å²) in [5.41, 5.74) is 1.73. The van der Waals surface area contributed by atoms with Gasteiger partial charge in [-0.2, -0.15) is 0 Å². The molecule has 29 heavy (non-hydrogen) atoms. The number of rotatable bonds is 5. The number of hydrogen-bond donors (Lipinski definition) is 3. The van der Waals surface area contributed by atoms with Crippen LogP contribution in [0.5, 0.6) is 0 Å². The Morgan fingerprint density at radius 3 is 2.34 bits per heavy atom. The number of halogens is 1. The number of benzene rings is 2. The van der Waals surface area contributed by atoms with Crippen LogP contribution in [0.1, 0.15) is 16.1 Å². The van der Waals surface area contributed by atoms with Crippen LogP contribution in [-0.2, 0) is 4.79 Å². The molecule has 0 saturated heterocycles. The topological polar surface area (TPSA) is 83.4 Å². The number of anilines is 2. The molecule has 0 aliphatic rings. The van der Waals surface area contributed by atoms with Crippen LogP contribution in [0.25, 0.3) is 6.08 Å². The van der Waals surface area contributed by atoms with E-state index in [0.717, 1.165) is 0 Å². The predicted octanol–water partition coefficient (Wildman–Crippen LogP) is 4.71. The first-order valence-corrected chi connectivity index (χ1v) is 9.29. The van der Waals surface area contributed by atoms with Crippen molar-refractivity contribution in [1.82, 2.24) is 5.32 Å². The Kier molecular flexibility index (Phi) is 6.78. The highest BCUT2D eigenvalue weighted by molar-refractivity contribution is 7.80. The van der Waals surface area contributed by atoms with Gasteiger partial charge in [-0.15, -0.1) is 0 Å². The second kappa shape index (κ2) is 9.68. The maximum absolute atomic E-state index is 12.2. The zero-order valence-corrected chi connectivity index (χ0v) is 16.6. The SMILES string of the molecule is O=C(C=Cc1ccco1)NC(=S)Nc1ccc(NC(=O)c2cccc(Cl)c2)cc1. The lowest BCUT2D eigenvalue weighted by molar-refractivity contribution is -0.115. The summed E-state index contributed by atoms with van der Waals surface area (Å²) < 4.78 is 5.11. The second-order valence-electron chi connectivity index (χ2n) is 5.83. The van der Waals surface area contributed by atoms with Crippen LogP contribution < -0.4 is 16.0 Å². The molecule has 1 heterocycles. The summed E-state index contributed by atoms with van der Waals surface area (Å²) in [6, 6.07) is 17.0. The van der Waals surface area contributed by atoms with Gasteiger partial charge in [0, 0.05) is 28.0 Å². The third-order valence-electron chi connectivity index (χ3n) is 3.67. The Morgan fingerprint density at radius 2 is 1.69 bits per heavy atom. The van der Waals surface area contributed by atoms with Crippen molar-refractivity contribution in [2.75, 3.05) is 10.6 Å². The number of thiocarbonyl (C=S) groups is 1. The maximum Gasteiger partial charge on any atom is 0.255 e. The van der Waals surface area contributed by atoms with Crippen LogP contribution in [-0.4, -0.2) is 16.9 Å². The second-order valence-corrected chi connectivity index (χ2v) is 6.68. The average Bonchev–Trinajstić information content (AvgIpc) is 3.21. The summed E-state index contributed by atoms with van der Waals surface area (Å²) >= 11 is 11.0. The van der Waals surface area contributed by atoms with Crippen molar-refractivity contribution >= 4 is 58.2 Å². The number of furan rings is 1. The van der Waals surface area contributed by atoms with Crippen molar-refractivity contribution in [2.24, 2.45) is 0 Å². The molecule has 0 bridgehead atoms. The fourth-order valence-corrected chi connectivity index (χ4v) is 2.74. The lowest BCUT2D eigenvalue weighted by atomic mass is 10.2. The minimum atomic E-state index is -0.385. The van der Waals surface area contributed by atoms with Crippen LogP contribution in [0.4, 0.5) is 11.4 Å². The molecule has 0 radical (unpaired) electrons. The van der Waals surface area contributed by atoms with Gasteiger partial charge in [-0.05, 0) is 72.9 Å². The molecule has 2 amide bonds. The molecule has 146 valence electrons. The molecule has 1 aromatic heterocycles. The van der Waals surface area contributed by atoms with E-state index in [2.05, 4.69) is 16.0 Å². The van der Waals surface area contributed by atoms with Crippen LogP contribution in [0.15, 0.2) is 77.4 Å². The van der Waals surface area contributed by atoms with Crippen molar-refractivity contribution in [1.29, 1.82) is 0 Å². The Morgan fingerprint density at radius 1 is 0.966 bits per heavy atom. The number of carbonyl (C=O) groups excluding carboxylic acids is 2. The first-order valence-electron chi connectivity index (χ1n) is 8.50. The highest BCUT2D eigenvalue weighted by atomic mass is 35.5. The fraction of sp³-hybridized carbons (Fsp3) is 0. The number of hydrogen-bond acceptors (Lipinski definition) is 4. The highest BCUT2D eigenvalue weighted by Gasteiger charge is 2.07. The molecule has 0 saturated carbocycles. The van der Waals surface area contributed by atoms with E-state index in [1.54, 1.807) is 60.7 Å². The molecule has 6 nitrogen and oxygen atoms in total. The van der Waals surface area contributed by atoms with Gasteiger partial charge in [0.05, 0.1) is 6.26 Å². The lowest BCUT2D eigenvalue weighted by Crippen LogP contribution is -2.32. The van der Waals surface area contributed by atoms with E-state index in [9.17, 15) is 9.59 Å². The molecule has 0 spiro atoms. The van der Waals surface area contributed by atoms with Gasteiger partial charge >= 0.3 is 0 Å².